The predicted molar refractivity (Wildman–Crippen MR) is 87.2 cm³/mol. The van der Waals surface area contributed by atoms with E-state index >= 15 is 0 Å². The summed E-state index contributed by atoms with van der Waals surface area (Å²) in [5.41, 5.74) is 4.30. The van der Waals surface area contributed by atoms with Gasteiger partial charge in [-0.25, -0.2) is 0 Å². The summed E-state index contributed by atoms with van der Waals surface area (Å²) in [5.74, 6) is 0.575. The minimum atomic E-state index is -0.0423. The second-order valence-corrected chi connectivity index (χ2v) is 5.58. The molecule has 22 heavy (non-hydrogen) atoms. The third-order valence-corrected chi connectivity index (χ3v) is 3.95. The molecular weight excluding hydrogens is 276 g/mol. The summed E-state index contributed by atoms with van der Waals surface area (Å²) in [6, 6.07) is 13.0. The summed E-state index contributed by atoms with van der Waals surface area (Å²) < 4.78 is 11.6. The number of aryl methyl sites for hydroxylation is 2. The maximum Gasteiger partial charge on any atom is 0.193 e. The van der Waals surface area contributed by atoms with Gasteiger partial charge in [0.25, 0.3) is 0 Å². The average Bonchev–Trinajstić information content (AvgIpc) is 2.90. The van der Waals surface area contributed by atoms with Gasteiger partial charge in [0.1, 0.15) is 16.9 Å². The van der Waals surface area contributed by atoms with Crippen LogP contribution >= 0.6 is 0 Å². The van der Waals surface area contributed by atoms with Crippen LogP contribution in [-0.2, 0) is 0 Å². The first kappa shape index (κ1) is 12.9. The Bertz CT molecular complexity index is 1050. The van der Waals surface area contributed by atoms with E-state index in [9.17, 15) is 4.79 Å². The Kier molecular flexibility index (Phi) is 2.70. The molecule has 0 amide bonds. The van der Waals surface area contributed by atoms with Crippen LogP contribution in [0.5, 0.6) is 0 Å². The van der Waals surface area contributed by atoms with Crippen molar-refractivity contribution in [2.75, 3.05) is 0 Å². The third-order valence-electron chi connectivity index (χ3n) is 3.95. The van der Waals surface area contributed by atoms with E-state index in [4.69, 9.17) is 8.83 Å². The predicted octanol–water partition coefficient (Wildman–Crippen LogP) is 4.82. The molecule has 0 aliphatic heterocycles. The fourth-order valence-electron chi connectivity index (χ4n) is 2.74. The van der Waals surface area contributed by atoms with Gasteiger partial charge in [0, 0.05) is 11.6 Å². The summed E-state index contributed by atoms with van der Waals surface area (Å²) in [6.45, 7) is 3.97. The maximum atomic E-state index is 12.4. The topological polar surface area (TPSA) is 43.4 Å². The maximum absolute atomic E-state index is 12.4. The molecule has 0 unspecified atom stereocenters. The van der Waals surface area contributed by atoms with Crippen molar-refractivity contribution in [1.82, 2.24) is 0 Å². The molecule has 0 aliphatic rings. The van der Waals surface area contributed by atoms with Crippen molar-refractivity contribution in [3.63, 3.8) is 0 Å². The zero-order valence-corrected chi connectivity index (χ0v) is 12.3. The zero-order chi connectivity index (χ0) is 15.3. The Morgan fingerprint density at radius 3 is 2.50 bits per heavy atom. The van der Waals surface area contributed by atoms with Crippen LogP contribution in [0.2, 0.25) is 0 Å². The van der Waals surface area contributed by atoms with E-state index in [-0.39, 0.29) is 5.43 Å². The molecule has 0 bridgehead atoms. The molecule has 3 heteroatoms. The Morgan fingerprint density at radius 1 is 0.955 bits per heavy atom. The van der Waals surface area contributed by atoms with Crippen LogP contribution in [-0.4, -0.2) is 0 Å². The molecule has 0 N–H and O–H groups in total. The molecule has 3 nitrogen and oxygen atoms in total. The van der Waals surface area contributed by atoms with Gasteiger partial charge in [0.2, 0.25) is 0 Å². The molecule has 0 aliphatic carbocycles. The fraction of sp³-hybridized carbons (Fsp3) is 0.105. The summed E-state index contributed by atoms with van der Waals surface area (Å²) in [5, 5.41) is 1.44. The molecule has 2 aromatic carbocycles. The smallest absolute Gasteiger partial charge is 0.193 e. The van der Waals surface area contributed by atoms with Gasteiger partial charge in [0.15, 0.2) is 5.43 Å². The fourth-order valence-corrected chi connectivity index (χ4v) is 2.74. The molecular formula is C19H14O3. The van der Waals surface area contributed by atoms with Crippen LogP contribution in [0.1, 0.15) is 11.1 Å². The largest absolute Gasteiger partial charge is 0.464 e. The van der Waals surface area contributed by atoms with E-state index < -0.39 is 0 Å². The highest BCUT2D eigenvalue weighted by atomic mass is 16.3. The van der Waals surface area contributed by atoms with E-state index in [0.717, 1.165) is 22.1 Å². The van der Waals surface area contributed by atoms with E-state index in [1.807, 2.05) is 44.2 Å². The van der Waals surface area contributed by atoms with Gasteiger partial charge in [-0.3, -0.25) is 4.79 Å². The van der Waals surface area contributed by atoms with Crippen molar-refractivity contribution in [2.24, 2.45) is 0 Å². The van der Waals surface area contributed by atoms with E-state index in [2.05, 4.69) is 0 Å². The van der Waals surface area contributed by atoms with Crippen LogP contribution in [0.25, 0.3) is 33.3 Å². The van der Waals surface area contributed by atoms with Gasteiger partial charge in [-0.1, -0.05) is 29.8 Å². The number of furan rings is 1. The van der Waals surface area contributed by atoms with Crippen molar-refractivity contribution in [3.8, 4) is 11.3 Å². The Morgan fingerprint density at radius 2 is 1.73 bits per heavy atom. The quantitative estimate of drug-likeness (QED) is 0.504. The molecule has 2 aromatic heterocycles. The van der Waals surface area contributed by atoms with Crippen molar-refractivity contribution in [3.05, 3.63) is 70.1 Å². The Hall–Kier alpha value is -2.81. The molecule has 0 radical (unpaired) electrons. The van der Waals surface area contributed by atoms with Crippen LogP contribution in [0.3, 0.4) is 0 Å². The van der Waals surface area contributed by atoms with E-state index in [1.54, 1.807) is 18.4 Å². The van der Waals surface area contributed by atoms with E-state index in [1.165, 1.54) is 5.56 Å². The molecule has 0 fully saturated rings. The highest BCUT2D eigenvalue weighted by molar-refractivity contribution is 6.04. The first-order chi connectivity index (χ1) is 10.6. The molecule has 0 saturated carbocycles. The summed E-state index contributed by atoms with van der Waals surface area (Å²) >= 11 is 0. The monoisotopic (exact) mass is 290 g/mol. The summed E-state index contributed by atoms with van der Waals surface area (Å²) in [7, 11) is 0. The van der Waals surface area contributed by atoms with Crippen molar-refractivity contribution in [2.45, 2.75) is 13.8 Å². The molecule has 4 rings (SSSR count). The van der Waals surface area contributed by atoms with Crippen LogP contribution in [0.4, 0.5) is 0 Å². The average molecular weight is 290 g/mol. The first-order valence-electron chi connectivity index (χ1n) is 7.15. The highest BCUT2D eigenvalue weighted by Gasteiger charge is 2.13. The normalized spacial score (nSPS) is 11.4. The number of hydrogen-bond donors (Lipinski definition) is 0. The lowest BCUT2D eigenvalue weighted by Gasteiger charge is -2.05. The lowest BCUT2D eigenvalue weighted by atomic mass is 10.1. The first-order valence-corrected chi connectivity index (χ1v) is 7.15. The van der Waals surface area contributed by atoms with E-state index in [0.29, 0.717) is 16.7 Å². The molecule has 0 atom stereocenters. The van der Waals surface area contributed by atoms with Gasteiger partial charge in [0.05, 0.1) is 17.0 Å². The second kappa shape index (κ2) is 4.60. The standard InChI is InChI=1S/C19H14O3/c1-11-3-5-13(6-4-11)17-9-15(20)14-7-8-16-18(19(14)22-17)12(2)10-21-16/h3-10H,1-2H3. The Balaban J connectivity index is 2.09. The number of benzene rings is 2. The van der Waals surface area contributed by atoms with Gasteiger partial charge in [-0.2, -0.15) is 0 Å². The molecule has 4 aromatic rings. The minimum absolute atomic E-state index is 0.0423. The lowest BCUT2D eigenvalue weighted by molar-refractivity contribution is 0.610. The van der Waals surface area contributed by atoms with Gasteiger partial charge in [-0.15, -0.1) is 0 Å². The van der Waals surface area contributed by atoms with Gasteiger partial charge >= 0.3 is 0 Å². The molecule has 0 spiro atoms. The van der Waals surface area contributed by atoms with Gasteiger partial charge in [-0.05, 0) is 31.5 Å². The molecule has 108 valence electrons. The second-order valence-electron chi connectivity index (χ2n) is 5.58. The van der Waals surface area contributed by atoms with Crippen molar-refractivity contribution in [1.29, 1.82) is 0 Å². The zero-order valence-electron chi connectivity index (χ0n) is 12.3. The van der Waals surface area contributed by atoms with Crippen molar-refractivity contribution >= 4 is 21.9 Å². The third kappa shape index (κ3) is 1.86. The van der Waals surface area contributed by atoms with Crippen LogP contribution in [0.15, 0.2) is 62.4 Å². The number of fused-ring (bicyclic) bond motifs is 3. The van der Waals surface area contributed by atoms with Crippen LogP contribution < -0.4 is 5.43 Å². The summed E-state index contributed by atoms with van der Waals surface area (Å²) in [4.78, 5) is 12.4. The minimum Gasteiger partial charge on any atom is -0.464 e. The van der Waals surface area contributed by atoms with Gasteiger partial charge < -0.3 is 8.83 Å². The molecule has 0 saturated heterocycles. The molecule has 2 heterocycles. The van der Waals surface area contributed by atoms with Crippen LogP contribution in [0, 0.1) is 13.8 Å². The van der Waals surface area contributed by atoms with Crippen molar-refractivity contribution < 1.29 is 8.83 Å². The number of rotatable bonds is 1. The Labute approximate surface area is 126 Å². The summed E-state index contributed by atoms with van der Waals surface area (Å²) in [6.07, 6.45) is 1.68. The highest BCUT2D eigenvalue weighted by Crippen LogP contribution is 2.31. The lowest BCUT2D eigenvalue weighted by Crippen LogP contribution is -2.00. The number of hydrogen-bond acceptors (Lipinski definition) is 3. The SMILES string of the molecule is Cc1ccc(-c2cc(=O)c3ccc4occ(C)c4c3o2)cc1.